The molecule has 0 fully saturated rings. The van der Waals surface area contributed by atoms with Gasteiger partial charge in [-0.1, -0.05) is 30.3 Å². The lowest BCUT2D eigenvalue weighted by Crippen LogP contribution is -2.12. The predicted octanol–water partition coefficient (Wildman–Crippen LogP) is 4.30. The molecular weight excluding hydrogens is 378 g/mol. The summed E-state index contributed by atoms with van der Waals surface area (Å²) in [5.74, 6) is 0.397. The Kier molecular flexibility index (Phi) is 5.96. The van der Waals surface area contributed by atoms with Gasteiger partial charge >= 0.3 is 5.97 Å². The van der Waals surface area contributed by atoms with E-state index in [4.69, 9.17) is 9.84 Å². The monoisotopic (exact) mass is 397 g/mol. The molecule has 0 radical (unpaired) electrons. The summed E-state index contributed by atoms with van der Waals surface area (Å²) >= 11 is 0. The van der Waals surface area contributed by atoms with Crippen LogP contribution in [-0.2, 0) is 21.2 Å². The number of hydrogen-bond donors (Lipinski definition) is 2. The van der Waals surface area contributed by atoms with Gasteiger partial charge in [-0.25, -0.2) is 8.42 Å². The molecule has 0 atom stereocenters. The maximum atomic E-state index is 12.5. The molecule has 3 aromatic carbocycles. The molecule has 0 amide bonds. The molecule has 0 bridgehead atoms. The van der Waals surface area contributed by atoms with E-state index in [2.05, 4.69) is 4.72 Å². The van der Waals surface area contributed by atoms with Gasteiger partial charge in [0, 0.05) is 12.1 Å². The van der Waals surface area contributed by atoms with Crippen LogP contribution in [0.4, 0.5) is 5.69 Å². The van der Waals surface area contributed by atoms with Crippen molar-refractivity contribution in [1.82, 2.24) is 0 Å². The number of anilines is 1. The van der Waals surface area contributed by atoms with Crippen LogP contribution in [0.3, 0.4) is 0 Å². The van der Waals surface area contributed by atoms with Gasteiger partial charge in [-0.05, 0) is 60.5 Å². The van der Waals surface area contributed by atoms with Crippen LogP contribution >= 0.6 is 0 Å². The average Bonchev–Trinajstić information content (AvgIpc) is 2.69. The van der Waals surface area contributed by atoms with Crippen LogP contribution in [0.1, 0.15) is 12.0 Å². The summed E-state index contributed by atoms with van der Waals surface area (Å²) in [5.41, 5.74) is 1.18. The highest BCUT2D eigenvalue weighted by molar-refractivity contribution is 7.92. The number of carboxylic acids is 1. The number of aryl methyl sites for hydroxylation is 1. The number of hydrogen-bond acceptors (Lipinski definition) is 4. The summed E-state index contributed by atoms with van der Waals surface area (Å²) in [4.78, 5) is 10.7. The van der Waals surface area contributed by atoms with Gasteiger partial charge in [0.25, 0.3) is 10.0 Å². The van der Waals surface area contributed by atoms with E-state index in [-0.39, 0.29) is 11.3 Å². The second kappa shape index (κ2) is 8.58. The molecule has 0 aliphatic carbocycles. The van der Waals surface area contributed by atoms with Crippen molar-refractivity contribution in [1.29, 1.82) is 0 Å². The van der Waals surface area contributed by atoms with Crippen LogP contribution in [-0.4, -0.2) is 19.5 Å². The number of carboxylic acid groups (broad SMARTS) is 1. The molecule has 28 heavy (non-hydrogen) atoms. The van der Waals surface area contributed by atoms with E-state index in [9.17, 15) is 13.2 Å². The molecule has 3 aromatic rings. The van der Waals surface area contributed by atoms with Crippen molar-refractivity contribution < 1.29 is 23.1 Å². The molecule has 2 N–H and O–H groups in total. The van der Waals surface area contributed by atoms with Crippen LogP contribution in [0, 0.1) is 0 Å². The third-order valence-electron chi connectivity index (χ3n) is 3.95. The Morgan fingerprint density at radius 2 is 1.46 bits per heavy atom. The van der Waals surface area contributed by atoms with Gasteiger partial charge in [0.05, 0.1) is 4.90 Å². The molecular formula is C21H19NO5S. The van der Waals surface area contributed by atoms with E-state index in [0.29, 0.717) is 23.6 Å². The number of benzene rings is 3. The summed E-state index contributed by atoms with van der Waals surface area (Å²) in [7, 11) is -3.74. The van der Waals surface area contributed by atoms with E-state index in [0.717, 1.165) is 5.56 Å². The smallest absolute Gasteiger partial charge is 0.303 e. The minimum Gasteiger partial charge on any atom is -0.481 e. The third-order valence-corrected chi connectivity index (χ3v) is 5.34. The van der Waals surface area contributed by atoms with Crippen molar-refractivity contribution in [3.8, 4) is 11.5 Å². The minimum atomic E-state index is -3.74. The quantitative estimate of drug-likeness (QED) is 0.591. The standard InChI is InChI=1S/C21H19NO5S/c23-21(24)15-8-16-6-13-20(14-7-16)28(25,26)22-17-9-11-19(12-10-17)27-18-4-2-1-3-5-18/h1-7,9-14,22H,8,15H2,(H,23,24). The van der Waals surface area contributed by atoms with Gasteiger partial charge in [0.2, 0.25) is 0 Å². The van der Waals surface area contributed by atoms with Crippen molar-refractivity contribution >= 4 is 21.7 Å². The van der Waals surface area contributed by atoms with Crippen molar-refractivity contribution in [3.05, 3.63) is 84.4 Å². The highest BCUT2D eigenvalue weighted by Gasteiger charge is 2.14. The molecule has 0 spiro atoms. The summed E-state index contributed by atoms with van der Waals surface area (Å²) in [6, 6.07) is 22.1. The SMILES string of the molecule is O=C(O)CCc1ccc(S(=O)(=O)Nc2ccc(Oc3ccccc3)cc2)cc1. The Morgan fingerprint density at radius 3 is 2.07 bits per heavy atom. The number of sulfonamides is 1. The topological polar surface area (TPSA) is 92.7 Å². The first-order valence-electron chi connectivity index (χ1n) is 8.59. The Labute approximate surface area is 163 Å². The summed E-state index contributed by atoms with van der Waals surface area (Å²) in [5, 5.41) is 8.71. The normalized spacial score (nSPS) is 11.0. The molecule has 6 nitrogen and oxygen atoms in total. The van der Waals surface area contributed by atoms with Crippen LogP contribution in [0.25, 0.3) is 0 Å². The van der Waals surface area contributed by atoms with Crippen molar-refractivity contribution in [3.63, 3.8) is 0 Å². The zero-order valence-electron chi connectivity index (χ0n) is 14.9. The Bertz CT molecular complexity index is 1030. The molecule has 0 aromatic heterocycles. The number of ether oxygens (including phenoxy) is 1. The van der Waals surface area contributed by atoms with Crippen LogP contribution < -0.4 is 9.46 Å². The van der Waals surface area contributed by atoms with Gasteiger partial charge in [-0.2, -0.15) is 0 Å². The first-order chi connectivity index (χ1) is 13.4. The molecule has 3 rings (SSSR count). The number of aliphatic carboxylic acids is 1. The Morgan fingerprint density at radius 1 is 0.857 bits per heavy atom. The lowest BCUT2D eigenvalue weighted by molar-refractivity contribution is -0.136. The van der Waals surface area contributed by atoms with Crippen molar-refractivity contribution in [2.45, 2.75) is 17.7 Å². The highest BCUT2D eigenvalue weighted by atomic mass is 32.2. The fourth-order valence-corrected chi connectivity index (χ4v) is 3.57. The van der Waals surface area contributed by atoms with Gasteiger partial charge in [0.1, 0.15) is 11.5 Å². The van der Waals surface area contributed by atoms with E-state index in [1.54, 1.807) is 36.4 Å². The largest absolute Gasteiger partial charge is 0.481 e. The lowest BCUT2D eigenvalue weighted by Gasteiger charge is -2.10. The number of rotatable bonds is 8. The van der Waals surface area contributed by atoms with Crippen LogP contribution in [0.15, 0.2) is 83.8 Å². The summed E-state index contributed by atoms with van der Waals surface area (Å²) in [6.07, 6.45) is 0.355. The summed E-state index contributed by atoms with van der Waals surface area (Å²) in [6.45, 7) is 0. The Hall–Kier alpha value is -3.32. The van der Waals surface area contributed by atoms with Crippen molar-refractivity contribution in [2.24, 2.45) is 0 Å². The maximum Gasteiger partial charge on any atom is 0.303 e. The molecule has 0 saturated carbocycles. The molecule has 0 unspecified atom stereocenters. The van der Waals surface area contributed by atoms with Crippen LogP contribution in [0.2, 0.25) is 0 Å². The zero-order chi connectivity index (χ0) is 20.0. The van der Waals surface area contributed by atoms with E-state index >= 15 is 0 Å². The van der Waals surface area contributed by atoms with Gasteiger partial charge in [0.15, 0.2) is 0 Å². The molecule has 0 heterocycles. The Balaban J connectivity index is 1.65. The van der Waals surface area contributed by atoms with Gasteiger partial charge in [-0.3, -0.25) is 9.52 Å². The fraction of sp³-hybridized carbons (Fsp3) is 0.0952. The first kappa shape index (κ1) is 19.4. The van der Waals surface area contributed by atoms with Crippen molar-refractivity contribution in [2.75, 3.05) is 4.72 Å². The van der Waals surface area contributed by atoms with E-state index < -0.39 is 16.0 Å². The second-order valence-corrected chi connectivity index (χ2v) is 7.77. The van der Waals surface area contributed by atoms with Gasteiger partial charge < -0.3 is 9.84 Å². The highest BCUT2D eigenvalue weighted by Crippen LogP contribution is 2.24. The molecule has 0 saturated heterocycles. The average molecular weight is 397 g/mol. The zero-order valence-corrected chi connectivity index (χ0v) is 15.7. The molecule has 7 heteroatoms. The summed E-state index contributed by atoms with van der Waals surface area (Å²) < 4.78 is 33.2. The predicted molar refractivity (Wildman–Crippen MR) is 106 cm³/mol. The maximum absolute atomic E-state index is 12.5. The van der Waals surface area contributed by atoms with Gasteiger partial charge in [-0.15, -0.1) is 0 Å². The van der Waals surface area contributed by atoms with E-state index in [1.165, 1.54) is 12.1 Å². The van der Waals surface area contributed by atoms with Crippen LogP contribution in [0.5, 0.6) is 11.5 Å². The number of carbonyl (C=O) groups is 1. The first-order valence-corrected chi connectivity index (χ1v) is 10.1. The third kappa shape index (κ3) is 5.34. The lowest BCUT2D eigenvalue weighted by atomic mass is 10.1. The van der Waals surface area contributed by atoms with E-state index in [1.807, 2.05) is 30.3 Å². The second-order valence-electron chi connectivity index (χ2n) is 6.08. The fourth-order valence-electron chi connectivity index (χ4n) is 2.52. The minimum absolute atomic E-state index is 0.00173. The molecule has 0 aliphatic rings. The molecule has 144 valence electrons. The number of nitrogens with one attached hydrogen (secondary N) is 1. The number of para-hydroxylation sites is 1. The molecule has 0 aliphatic heterocycles.